The number of nitrogens with zero attached hydrogens (tertiary/aromatic N) is 2. The van der Waals surface area contributed by atoms with E-state index in [0.717, 1.165) is 0 Å². The first-order valence-corrected chi connectivity index (χ1v) is 4.75. The first-order valence-electron chi connectivity index (χ1n) is 4.75. The van der Waals surface area contributed by atoms with Crippen LogP contribution in [0.1, 0.15) is 21.6 Å². The second kappa shape index (κ2) is 4.18. The number of aryl methyl sites for hydroxylation is 1. The van der Waals surface area contributed by atoms with Gasteiger partial charge in [0.15, 0.2) is 0 Å². The summed E-state index contributed by atoms with van der Waals surface area (Å²) in [5, 5.41) is 0. The van der Waals surface area contributed by atoms with E-state index in [1.807, 2.05) is 0 Å². The van der Waals surface area contributed by atoms with E-state index in [1.165, 1.54) is 36.8 Å². The van der Waals surface area contributed by atoms with E-state index in [-0.39, 0.29) is 17.3 Å². The normalized spacial score (nSPS) is 10.1. The second-order valence-corrected chi connectivity index (χ2v) is 3.38. The maximum atomic E-state index is 12.9. The molecule has 0 aliphatic carbocycles. The van der Waals surface area contributed by atoms with Crippen LogP contribution in [0.4, 0.5) is 4.39 Å². The molecule has 0 bridgehead atoms. The topological polar surface area (TPSA) is 42.9 Å². The number of halogens is 1. The Bertz CT molecular complexity index is 526. The molecule has 0 amide bonds. The lowest BCUT2D eigenvalue weighted by molar-refractivity contribution is 0.103. The van der Waals surface area contributed by atoms with Crippen molar-refractivity contribution < 1.29 is 9.18 Å². The van der Waals surface area contributed by atoms with Crippen molar-refractivity contribution >= 4 is 5.78 Å². The van der Waals surface area contributed by atoms with Crippen LogP contribution in [-0.4, -0.2) is 15.8 Å². The third-order valence-electron chi connectivity index (χ3n) is 2.23. The minimum Gasteiger partial charge on any atom is -0.287 e. The van der Waals surface area contributed by atoms with Crippen molar-refractivity contribution in [1.29, 1.82) is 0 Å². The minimum atomic E-state index is -0.354. The van der Waals surface area contributed by atoms with Crippen LogP contribution in [0.2, 0.25) is 0 Å². The summed E-state index contributed by atoms with van der Waals surface area (Å²) < 4.78 is 12.9. The summed E-state index contributed by atoms with van der Waals surface area (Å²) in [4.78, 5) is 19.7. The molecule has 0 saturated heterocycles. The van der Waals surface area contributed by atoms with E-state index in [9.17, 15) is 9.18 Å². The van der Waals surface area contributed by atoms with Crippen LogP contribution in [0.5, 0.6) is 0 Å². The van der Waals surface area contributed by atoms with E-state index >= 15 is 0 Å². The smallest absolute Gasteiger partial charge is 0.213 e. The highest BCUT2D eigenvalue weighted by Crippen LogP contribution is 2.13. The quantitative estimate of drug-likeness (QED) is 0.722. The first-order chi connectivity index (χ1) is 7.68. The van der Waals surface area contributed by atoms with Gasteiger partial charge in [0.2, 0.25) is 5.78 Å². The lowest BCUT2D eigenvalue weighted by Gasteiger charge is -2.03. The molecule has 0 unspecified atom stereocenters. The van der Waals surface area contributed by atoms with Crippen molar-refractivity contribution in [2.24, 2.45) is 0 Å². The molecule has 0 atom stereocenters. The van der Waals surface area contributed by atoms with E-state index in [1.54, 1.807) is 6.92 Å². The fourth-order valence-corrected chi connectivity index (χ4v) is 1.44. The zero-order chi connectivity index (χ0) is 11.5. The fourth-order valence-electron chi connectivity index (χ4n) is 1.44. The number of carbonyl (C=O) groups is 1. The van der Waals surface area contributed by atoms with Crippen molar-refractivity contribution in [2.75, 3.05) is 0 Å². The average Bonchev–Trinajstić information content (AvgIpc) is 2.29. The number of rotatable bonds is 2. The Balaban J connectivity index is 2.42. The van der Waals surface area contributed by atoms with Crippen LogP contribution in [0, 0.1) is 12.7 Å². The van der Waals surface area contributed by atoms with Gasteiger partial charge in [-0.15, -0.1) is 0 Å². The molecular weight excluding hydrogens is 207 g/mol. The number of hydrogen-bond acceptors (Lipinski definition) is 3. The minimum absolute atomic E-state index is 0.245. The molecule has 1 heterocycles. The van der Waals surface area contributed by atoms with Crippen LogP contribution in [0.25, 0.3) is 0 Å². The third-order valence-corrected chi connectivity index (χ3v) is 2.23. The monoisotopic (exact) mass is 216 g/mol. The van der Waals surface area contributed by atoms with Gasteiger partial charge in [0, 0.05) is 18.0 Å². The number of benzene rings is 1. The van der Waals surface area contributed by atoms with Gasteiger partial charge in [-0.3, -0.25) is 9.78 Å². The van der Waals surface area contributed by atoms with Crippen LogP contribution in [0.15, 0.2) is 36.8 Å². The van der Waals surface area contributed by atoms with Crippen molar-refractivity contribution in [1.82, 2.24) is 9.97 Å². The van der Waals surface area contributed by atoms with E-state index in [0.29, 0.717) is 11.1 Å². The Kier molecular flexibility index (Phi) is 2.72. The van der Waals surface area contributed by atoms with Gasteiger partial charge in [-0.25, -0.2) is 9.37 Å². The number of ketones is 1. The lowest BCUT2D eigenvalue weighted by atomic mass is 10.0. The highest BCUT2D eigenvalue weighted by Gasteiger charge is 2.13. The summed E-state index contributed by atoms with van der Waals surface area (Å²) in [7, 11) is 0. The fraction of sp³-hybridized carbons (Fsp3) is 0.0833. The van der Waals surface area contributed by atoms with Gasteiger partial charge in [0.1, 0.15) is 11.5 Å². The summed E-state index contributed by atoms with van der Waals surface area (Å²) in [6, 6.07) is 4.04. The Labute approximate surface area is 92.0 Å². The van der Waals surface area contributed by atoms with Gasteiger partial charge >= 0.3 is 0 Å². The summed E-state index contributed by atoms with van der Waals surface area (Å²) in [5.74, 6) is -0.598. The molecule has 0 spiro atoms. The molecule has 2 aromatic rings. The average molecular weight is 216 g/mol. The molecule has 80 valence electrons. The second-order valence-electron chi connectivity index (χ2n) is 3.38. The summed E-state index contributed by atoms with van der Waals surface area (Å²) >= 11 is 0. The van der Waals surface area contributed by atoms with E-state index in [4.69, 9.17) is 0 Å². The van der Waals surface area contributed by atoms with Gasteiger partial charge in [-0.2, -0.15) is 0 Å². The molecule has 0 N–H and O–H groups in total. The Morgan fingerprint density at radius 2 is 2.12 bits per heavy atom. The SMILES string of the molecule is Cc1cc(F)ccc1C(=O)c1cnccn1. The van der Waals surface area contributed by atoms with Crippen LogP contribution >= 0.6 is 0 Å². The summed E-state index contributed by atoms with van der Waals surface area (Å²) in [5.41, 5.74) is 1.30. The predicted octanol–water partition coefficient (Wildman–Crippen LogP) is 2.16. The van der Waals surface area contributed by atoms with Crippen molar-refractivity contribution in [3.63, 3.8) is 0 Å². The molecule has 1 aromatic heterocycles. The molecule has 16 heavy (non-hydrogen) atoms. The van der Waals surface area contributed by atoms with Gasteiger partial charge in [0.05, 0.1) is 6.20 Å². The predicted molar refractivity (Wildman–Crippen MR) is 56.6 cm³/mol. The third kappa shape index (κ3) is 1.95. The molecule has 3 nitrogen and oxygen atoms in total. The zero-order valence-corrected chi connectivity index (χ0v) is 8.64. The van der Waals surface area contributed by atoms with Gasteiger partial charge in [-0.05, 0) is 30.7 Å². The molecule has 0 saturated carbocycles. The summed E-state index contributed by atoms with van der Waals surface area (Å²) in [6.07, 6.45) is 4.34. The number of aromatic nitrogens is 2. The van der Waals surface area contributed by atoms with Crippen molar-refractivity contribution in [2.45, 2.75) is 6.92 Å². The van der Waals surface area contributed by atoms with Crippen molar-refractivity contribution in [3.05, 3.63) is 59.4 Å². The summed E-state index contributed by atoms with van der Waals surface area (Å²) in [6.45, 7) is 1.69. The largest absolute Gasteiger partial charge is 0.287 e. The molecular formula is C12H9FN2O. The molecule has 4 heteroatoms. The Morgan fingerprint density at radius 1 is 1.31 bits per heavy atom. The van der Waals surface area contributed by atoms with Crippen LogP contribution in [0.3, 0.4) is 0 Å². The van der Waals surface area contributed by atoms with Crippen LogP contribution in [-0.2, 0) is 0 Å². The molecule has 0 radical (unpaired) electrons. The first kappa shape index (κ1) is 10.4. The van der Waals surface area contributed by atoms with Crippen LogP contribution < -0.4 is 0 Å². The molecule has 2 rings (SSSR count). The number of carbonyl (C=O) groups excluding carboxylic acids is 1. The van der Waals surface area contributed by atoms with E-state index < -0.39 is 0 Å². The maximum Gasteiger partial charge on any atom is 0.213 e. The van der Waals surface area contributed by atoms with Crippen molar-refractivity contribution in [3.8, 4) is 0 Å². The Morgan fingerprint density at radius 3 is 2.75 bits per heavy atom. The van der Waals surface area contributed by atoms with E-state index in [2.05, 4.69) is 9.97 Å². The molecule has 1 aromatic carbocycles. The molecule has 0 fully saturated rings. The standard InChI is InChI=1S/C12H9FN2O/c1-8-6-9(13)2-3-10(8)12(16)11-7-14-4-5-15-11/h2-7H,1H3. The maximum absolute atomic E-state index is 12.9. The lowest BCUT2D eigenvalue weighted by Crippen LogP contribution is -2.06. The molecule has 0 aliphatic rings. The zero-order valence-electron chi connectivity index (χ0n) is 8.64. The van der Waals surface area contributed by atoms with Gasteiger partial charge in [0.25, 0.3) is 0 Å². The number of hydrogen-bond donors (Lipinski definition) is 0. The highest BCUT2D eigenvalue weighted by molar-refractivity contribution is 6.08. The van der Waals surface area contributed by atoms with Gasteiger partial charge in [-0.1, -0.05) is 0 Å². The van der Waals surface area contributed by atoms with Gasteiger partial charge < -0.3 is 0 Å². The Hall–Kier alpha value is -2.10. The molecule has 0 aliphatic heterocycles. The highest BCUT2D eigenvalue weighted by atomic mass is 19.1.